The molecular weight excluding hydrogens is 206 g/mol. The van der Waals surface area contributed by atoms with Gasteiger partial charge in [-0.1, -0.05) is 31.0 Å². The second-order valence-corrected chi connectivity index (χ2v) is 5.89. The molecule has 0 atom stereocenters. The van der Waals surface area contributed by atoms with E-state index in [1.807, 2.05) is 0 Å². The zero-order valence-corrected chi connectivity index (χ0v) is 10.9. The van der Waals surface area contributed by atoms with Gasteiger partial charge in [0, 0.05) is 13.1 Å². The molecule has 1 nitrogen and oxygen atoms in total. The first-order valence-corrected chi connectivity index (χ1v) is 7.10. The largest absolute Gasteiger partial charge is 0.306 e. The Kier molecular flexibility index (Phi) is 3.19. The van der Waals surface area contributed by atoms with Crippen LogP contribution >= 0.6 is 0 Å². The van der Waals surface area contributed by atoms with Crippen LogP contribution in [0.4, 0.5) is 0 Å². The molecule has 0 radical (unpaired) electrons. The third kappa shape index (κ3) is 2.90. The number of nitrogens with zero attached hydrogens (tertiary/aromatic N) is 1. The topological polar surface area (TPSA) is 3.24 Å². The molecule has 0 bridgehead atoms. The molecule has 17 heavy (non-hydrogen) atoms. The maximum Gasteiger partial charge on any atom is 0.00190 e. The molecule has 1 aliphatic carbocycles. The van der Waals surface area contributed by atoms with Crippen molar-refractivity contribution < 1.29 is 0 Å². The molecule has 0 amide bonds. The van der Waals surface area contributed by atoms with E-state index >= 15 is 0 Å². The molecule has 2 aliphatic rings. The summed E-state index contributed by atoms with van der Waals surface area (Å²) in [5.41, 5.74) is 4.77. The average Bonchev–Trinajstić information content (AvgIpc) is 3.15. The van der Waals surface area contributed by atoms with Crippen molar-refractivity contribution in [2.24, 2.45) is 5.92 Å². The number of hydrogen-bond acceptors (Lipinski definition) is 1. The molecule has 0 saturated heterocycles. The van der Waals surface area contributed by atoms with Gasteiger partial charge in [0.15, 0.2) is 0 Å². The van der Waals surface area contributed by atoms with Crippen molar-refractivity contribution in [3.8, 4) is 0 Å². The van der Waals surface area contributed by atoms with Gasteiger partial charge in [-0.05, 0) is 55.3 Å². The SMILES string of the molecule is CN1CCc2ccc(CCC3CC3)cc2CC1. The Balaban J connectivity index is 1.70. The van der Waals surface area contributed by atoms with Crippen LogP contribution in [0, 0.1) is 5.92 Å². The van der Waals surface area contributed by atoms with E-state index in [0.717, 1.165) is 5.92 Å². The summed E-state index contributed by atoms with van der Waals surface area (Å²) in [5.74, 6) is 1.06. The predicted molar refractivity (Wildman–Crippen MR) is 72.4 cm³/mol. The first kappa shape index (κ1) is 11.3. The lowest BCUT2D eigenvalue weighted by Crippen LogP contribution is -2.20. The lowest BCUT2D eigenvalue weighted by Gasteiger charge is -2.10. The van der Waals surface area contributed by atoms with Crippen molar-refractivity contribution in [2.75, 3.05) is 20.1 Å². The summed E-state index contributed by atoms with van der Waals surface area (Å²) in [6.45, 7) is 2.44. The van der Waals surface area contributed by atoms with Gasteiger partial charge in [-0.2, -0.15) is 0 Å². The summed E-state index contributed by atoms with van der Waals surface area (Å²) in [6.07, 6.45) is 8.15. The van der Waals surface area contributed by atoms with Crippen LogP contribution in [0.2, 0.25) is 0 Å². The van der Waals surface area contributed by atoms with E-state index < -0.39 is 0 Å². The van der Waals surface area contributed by atoms with Crippen molar-refractivity contribution >= 4 is 0 Å². The Hall–Kier alpha value is -0.820. The van der Waals surface area contributed by atoms with Gasteiger partial charge in [-0.15, -0.1) is 0 Å². The van der Waals surface area contributed by atoms with Crippen molar-refractivity contribution in [3.05, 3.63) is 34.9 Å². The van der Waals surface area contributed by atoms with Gasteiger partial charge in [0.25, 0.3) is 0 Å². The van der Waals surface area contributed by atoms with Gasteiger partial charge in [-0.25, -0.2) is 0 Å². The highest BCUT2D eigenvalue weighted by atomic mass is 15.1. The van der Waals surface area contributed by atoms with E-state index in [0.29, 0.717) is 0 Å². The van der Waals surface area contributed by atoms with Crippen molar-refractivity contribution in [2.45, 2.75) is 38.5 Å². The van der Waals surface area contributed by atoms with E-state index in [4.69, 9.17) is 0 Å². The van der Waals surface area contributed by atoms with Gasteiger partial charge >= 0.3 is 0 Å². The average molecular weight is 229 g/mol. The number of likely N-dealkylation sites (N-methyl/N-ethyl adjacent to an activating group) is 1. The van der Waals surface area contributed by atoms with Crippen molar-refractivity contribution in [3.63, 3.8) is 0 Å². The minimum Gasteiger partial charge on any atom is -0.306 e. The van der Waals surface area contributed by atoms with Gasteiger partial charge < -0.3 is 4.90 Å². The second kappa shape index (κ2) is 4.81. The first-order chi connectivity index (χ1) is 8.31. The van der Waals surface area contributed by atoms with Gasteiger partial charge in [0.1, 0.15) is 0 Å². The zero-order valence-electron chi connectivity index (χ0n) is 10.9. The minimum absolute atomic E-state index is 1.06. The van der Waals surface area contributed by atoms with E-state index in [1.165, 1.54) is 51.6 Å². The van der Waals surface area contributed by atoms with Gasteiger partial charge in [-0.3, -0.25) is 0 Å². The third-order valence-corrected chi connectivity index (χ3v) is 4.33. The molecule has 1 aliphatic heterocycles. The molecule has 0 spiro atoms. The normalized spacial score (nSPS) is 21.0. The molecule has 1 heteroatoms. The molecule has 1 aromatic carbocycles. The van der Waals surface area contributed by atoms with Crippen LogP contribution in [0.1, 0.15) is 36.0 Å². The van der Waals surface area contributed by atoms with E-state index in [-0.39, 0.29) is 0 Å². The first-order valence-electron chi connectivity index (χ1n) is 7.10. The molecular formula is C16H23N. The van der Waals surface area contributed by atoms with Crippen molar-refractivity contribution in [1.82, 2.24) is 4.90 Å². The Morgan fingerprint density at radius 1 is 1.12 bits per heavy atom. The highest BCUT2D eigenvalue weighted by Crippen LogP contribution is 2.33. The van der Waals surface area contributed by atoms with Crippen LogP contribution in [-0.4, -0.2) is 25.0 Å². The van der Waals surface area contributed by atoms with Crippen molar-refractivity contribution in [1.29, 1.82) is 0 Å². The summed E-state index contributed by atoms with van der Waals surface area (Å²) in [7, 11) is 2.24. The second-order valence-electron chi connectivity index (χ2n) is 5.89. The lowest BCUT2D eigenvalue weighted by molar-refractivity contribution is 0.352. The fraction of sp³-hybridized carbons (Fsp3) is 0.625. The summed E-state index contributed by atoms with van der Waals surface area (Å²) in [4.78, 5) is 2.45. The highest BCUT2D eigenvalue weighted by Gasteiger charge is 2.20. The molecule has 0 N–H and O–H groups in total. The molecule has 1 aromatic rings. The number of benzene rings is 1. The summed E-state index contributed by atoms with van der Waals surface area (Å²) in [6, 6.07) is 7.24. The van der Waals surface area contributed by atoms with Gasteiger partial charge in [0.2, 0.25) is 0 Å². The zero-order chi connectivity index (χ0) is 11.7. The van der Waals surface area contributed by atoms with E-state index in [2.05, 4.69) is 30.1 Å². The Morgan fingerprint density at radius 3 is 2.65 bits per heavy atom. The van der Waals surface area contributed by atoms with Crippen LogP contribution < -0.4 is 0 Å². The summed E-state index contributed by atoms with van der Waals surface area (Å²) >= 11 is 0. The molecule has 92 valence electrons. The molecule has 0 unspecified atom stereocenters. The monoisotopic (exact) mass is 229 g/mol. The molecule has 1 heterocycles. The van der Waals surface area contributed by atoms with Crippen LogP contribution in [0.5, 0.6) is 0 Å². The smallest absolute Gasteiger partial charge is 0.00190 e. The van der Waals surface area contributed by atoms with E-state index in [1.54, 1.807) is 16.7 Å². The summed E-state index contributed by atoms with van der Waals surface area (Å²) < 4.78 is 0. The standard InChI is InChI=1S/C16H23N/c1-17-10-8-15-7-6-14(5-4-13-2-3-13)12-16(15)9-11-17/h6-7,12-13H,2-5,8-11H2,1H3. The Morgan fingerprint density at radius 2 is 1.88 bits per heavy atom. The number of aryl methyl sites for hydroxylation is 1. The maximum atomic E-state index is 2.48. The van der Waals surface area contributed by atoms with Crippen LogP contribution in [0.3, 0.4) is 0 Å². The van der Waals surface area contributed by atoms with Crippen LogP contribution in [-0.2, 0) is 19.3 Å². The highest BCUT2D eigenvalue weighted by molar-refractivity contribution is 5.33. The molecule has 0 aromatic heterocycles. The maximum absolute atomic E-state index is 2.48. The number of hydrogen-bond donors (Lipinski definition) is 0. The molecule has 1 saturated carbocycles. The van der Waals surface area contributed by atoms with Crippen LogP contribution in [0.15, 0.2) is 18.2 Å². The quantitative estimate of drug-likeness (QED) is 0.770. The van der Waals surface area contributed by atoms with E-state index in [9.17, 15) is 0 Å². The third-order valence-electron chi connectivity index (χ3n) is 4.33. The number of rotatable bonds is 3. The Bertz CT molecular complexity index is 393. The molecule has 1 fully saturated rings. The summed E-state index contributed by atoms with van der Waals surface area (Å²) in [5, 5.41) is 0. The predicted octanol–water partition coefficient (Wildman–Crippen LogP) is 3.06. The molecule has 3 rings (SSSR count). The lowest BCUT2D eigenvalue weighted by atomic mass is 9.97. The minimum atomic E-state index is 1.06. The van der Waals surface area contributed by atoms with Crippen LogP contribution in [0.25, 0.3) is 0 Å². The Labute approximate surface area is 105 Å². The van der Waals surface area contributed by atoms with Gasteiger partial charge in [0.05, 0.1) is 0 Å². The fourth-order valence-electron chi connectivity index (χ4n) is 2.82. The fourth-order valence-corrected chi connectivity index (χ4v) is 2.82. The number of fused-ring (bicyclic) bond motifs is 1.